The van der Waals surface area contributed by atoms with Crippen molar-refractivity contribution < 1.29 is 14.0 Å². The lowest BCUT2D eigenvalue weighted by molar-refractivity contribution is -0.144. The van der Waals surface area contributed by atoms with Gasteiger partial charge in [0.2, 0.25) is 11.8 Å². The van der Waals surface area contributed by atoms with Crippen LogP contribution in [0.25, 0.3) is 0 Å². The molecule has 0 spiro atoms. The van der Waals surface area contributed by atoms with E-state index in [4.69, 9.17) is 0 Å². The number of likely N-dealkylation sites (tertiary alicyclic amines) is 3. The number of carbonyl (C=O) groups is 2. The van der Waals surface area contributed by atoms with Gasteiger partial charge in [-0.1, -0.05) is 25.5 Å². The second-order valence-corrected chi connectivity index (χ2v) is 10.0. The van der Waals surface area contributed by atoms with Crippen LogP contribution in [0.15, 0.2) is 24.3 Å². The van der Waals surface area contributed by atoms with Crippen LogP contribution < -0.4 is 0 Å². The predicted octanol–water partition coefficient (Wildman–Crippen LogP) is 3.10. The number of hydrogen-bond acceptors (Lipinski definition) is 4. The standard InChI is InChI=1S/C25H31FN4O2/c1-16(24(31)29-11-3-6-20(29)13-27)14-28-15-21-12-22(28)25(32)30(21)23(17-4-2-5-17)18-7-9-19(26)10-8-18/h7-10,16-17,20-23H,2-6,11-12,14-15H2,1H3/t16-,20-,21+,22+,23-/m0/s1. The van der Waals surface area contributed by atoms with Gasteiger partial charge in [0.15, 0.2) is 0 Å². The van der Waals surface area contributed by atoms with Gasteiger partial charge in [-0.2, -0.15) is 5.26 Å². The van der Waals surface area contributed by atoms with Crippen molar-refractivity contribution in [2.75, 3.05) is 19.6 Å². The molecule has 1 aromatic carbocycles. The zero-order chi connectivity index (χ0) is 22.4. The van der Waals surface area contributed by atoms with Crippen LogP contribution in [0.1, 0.15) is 57.1 Å². The summed E-state index contributed by atoms with van der Waals surface area (Å²) in [6, 6.07) is 8.57. The average molecular weight is 439 g/mol. The van der Waals surface area contributed by atoms with Crippen LogP contribution in [0.2, 0.25) is 0 Å². The largest absolute Gasteiger partial charge is 0.330 e. The molecule has 0 aromatic heterocycles. The number of hydrogen-bond donors (Lipinski definition) is 0. The van der Waals surface area contributed by atoms with Crippen LogP contribution in [-0.4, -0.2) is 64.3 Å². The summed E-state index contributed by atoms with van der Waals surface area (Å²) in [5.74, 6) is 0.134. The van der Waals surface area contributed by atoms with Crippen molar-refractivity contribution in [2.24, 2.45) is 11.8 Å². The van der Waals surface area contributed by atoms with Gasteiger partial charge in [-0.15, -0.1) is 0 Å². The summed E-state index contributed by atoms with van der Waals surface area (Å²) in [5.41, 5.74) is 1.03. The first-order chi connectivity index (χ1) is 15.5. The summed E-state index contributed by atoms with van der Waals surface area (Å²) in [5, 5.41) is 9.31. The molecule has 1 aliphatic carbocycles. The maximum atomic E-state index is 13.5. The van der Waals surface area contributed by atoms with E-state index in [-0.39, 0.29) is 47.7 Å². The molecule has 5 atom stereocenters. The first-order valence-corrected chi connectivity index (χ1v) is 12.0. The Labute approximate surface area is 189 Å². The average Bonchev–Trinajstić information content (AvgIpc) is 3.45. The zero-order valence-electron chi connectivity index (χ0n) is 18.6. The molecule has 6 nitrogen and oxygen atoms in total. The first kappa shape index (κ1) is 21.4. The van der Waals surface area contributed by atoms with E-state index < -0.39 is 0 Å². The van der Waals surface area contributed by atoms with E-state index in [1.54, 1.807) is 4.90 Å². The lowest BCUT2D eigenvalue weighted by Gasteiger charge is -2.45. The number of nitrogens with zero attached hydrogens (tertiary/aromatic N) is 4. The maximum absolute atomic E-state index is 13.5. The Hall–Kier alpha value is -2.46. The minimum atomic E-state index is -0.309. The molecule has 4 fully saturated rings. The third-order valence-corrected chi connectivity index (χ3v) is 8.04. The molecule has 3 aliphatic heterocycles. The predicted molar refractivity (Wildman–Crippen MR) is 117 cm³/mol. The first-order valence-electron chi connectivity index (χ1n) is 12.0. The van der Waals surface area contributed by atoms with Gasteiger partial charge in [-0.3, -0.25) is 14.5 Å². The molecule has 7 heteroatoms. The normalized spacial score (nSPS) is 29.8. The molecule has 0 N–H and O–H groups in total. The summed E-state index contributed by atoms with van der Waals surface area (Å²) in [4.78, 5) is 32.4. The fourth-order valence-electron chi connectivity index (χ4n) is 6.21. The molecule has 2 bridgehead atoms. The van der Waals surface area contributed by atoms with Gasteiger partial charge in [0.25, 0.3) is 0 Å². The molecule has 1 aromatic rings. The number of piperazine rings is 1. The lowest BCUT2D eigenvalue weighted by Crippen LogP contribution is -2.54. The third-order valence-electron chi connectivity index (χ3n) is 8.04. The summed E-state index contributed by atoms with van der Waals surface area (Å²) in [6.07, 6.45) is 5.83. The second-order valence-electron chi connectivity index (χ2n) is 10.0. The number of rotatable bonds is 6. The summed E-state index contributed by atoms with van der Waals surface area (Å²) in [6.45, 7) is 3.90. The van der Waals surface area contributed by atoms with Crippen LogP contribution >= 0.6 is 0 Å². The highest BCUT2D eigenvalue weighted by Gasteiger charge is 2.53. The number of fused-ring (bicyclic) bond motifs is 2. The number of halogens is 1. The molecular formula is C25H31FN4O2. The summed E-state index contributed by atoms with van der Waals surface area (Å²) < 4.78 is 13.5. The van der Waals surface area contributed by atoms with Gasteiger partial charge >= 0.3 is 0 Å². The number of benzene rings is 1. The van der Waals surface area contributed by atoms with Gasteiger partial charge in [-0.25, -0.2) is 4.39 Å². The van der Waals surface area contributed by atoms with E-state index in [9.17, 15) is 19.2 Å². The Kier molecular flexibility index (Phi) is 5.66. The Balaban J connectivity index is 1.28. The van der Waals surface area contributed by atoms with Crippen LogP contribution in [0.3, 0.4) is 0 Å². The van der Waals surface area contributed by atoms with Gasteiger partial charge in [0.1, 0.15) is 11.9 Å². The molecule has 0 radical (unpaired) electrons. The molecule has 4 aliphatic rings. The molecule has 32 heavy (non-hydrogen) atoms. The van der Waals surface area contributed by atoms with E-state index in [1.165, 1.54) is 18.6 Å². The van der Waals surface area contributed by atoms with Crippen molar-refractivity contribution in [3.8, 4) is 6.07 Å². The van der Waals surface area contributed by atoms with Crippen LogP contribution in [0.4, 0.5) is 4.39 Å². The van der Waals surface area contributed by atoms with E-state index in [0.29, 0.717) is 19.0 Å². The van der Waals surface area contributed by atoms with E-state index >= 15 is 0 Å². The van der Waals surface area contributed by atoms with Gasteiger partial charge in [0, 0.05) is 31.6 Å². The highest BCUT2D eigenvalue weighted by atomic mass is 19.1. The van der Waals surface area contributed by atoms with Gasteiger partial charge < -0.3 is 9.80 Å². The van der Waals surface area contributed by atoms with Gasteiger partial charge in [-0.05, 0) is 55.7 Å². The molecule has 1 saturated carbocycles. The minimum Gasteiger partial charge on any atom is -0.330 e. The Morgan fingerprint density at radius 3 is 2.59 bits per heavy atom. The fraction of sp³-hybridized carbons (Fsp3) is 0.640. The van der Waals surface area contributed by atoms with Crippen LogP contribution in [0.5, 0.6) is 0 Å². The van der Waals surface area contributed by atoms with Crippen molar-refractivity contribution in [2.45, 2.75) is 69.6 Å². The van der Waals surface area contributed by atoms with Gasteiger partial charge in [0.05, 0.1) is 18.2 Å². The summed E-state index contributed by atoms with van der Waals surface area (Å²) in [7, 11) is 0. The van der Waals surface area contributed by atoms with Crippen LogP contribution in [0, 0.1) is 29.0 Å². The minimum absolute atomic E-state index is 0.0223. The van der Waals surface area contributed by atoms with Crippen molar-refractivity contribution in [1.82, 2.24) is 14.7 Å². The number of amides is 2. The lowest BCUT2D eigenvalue weighted by atomic mass is 9.76. The SMILES string of the molecule is C[C@@H](CN1C[C@H]2C[C@@H]1C(=O)N2[C@H](c1ccc(F)cc1)C1CCC1)C(=O)N1CCC[C@H]1C#N. The molecule has 5 rings (SSSR count). The highest BCUT2D eigenvalue weighted by molar-refractivity contribution is 5.86. The zero-order valence-corrected chi connectivity index (χ0v) is 18.6. The highest BCUT2D eigenvalue weighted by Crippen LogP contribution is 2.47. The molecule has 170 valence electrons. The van der Waals surface area contributed by atoms with E-state index in [1.807, 2.05) is 19.1 Å². The smallest absolute Gasteiger partial charge is 0.240 e. The quantitative estimate of drug-likeness (QED) is 0.685. The fourth-order valence-corrected chi connectivity index (χ4v) is 6.21. The Morgan fingerprint density at radius 1 is 1.22 bits per heavy atom. The van der Waals surface area contributed by atoms with Crippen molar-refractivity contribution in [3.05, 3.63) is 35.6 Å². The monoisotopic (exact) mass is 438 g/mol. The Morgan fingerprint density at radius 2 is 1.97 bits per heavy atom. The van der Waals surface area contributed by atoms with Crippen molar-refractivity contribution in [1.29, 1.82) is 5.26 Å². The van der Waals surface area contributed by atoms with E-state index in [0.717, 1.165) is 44.2 Å². The molecule has 0 unspecified atom stereocenters. The molecule has 3 saturated heterocycles. The van der Waals surface area contributed by atoms with E-state index in [2.05, 4.69) is 15.9 Å². The molecule has 3 heterocycles. The van der Waals surface area contributed by atoms with Crippen molar-refractivity contribution >= 4 is 11.8 Å². The summed E-state index contributed by atoms with van der Waals surface area (Å²) >= 11 is 0. The maximum Gasteiger partial charge on any atom is 0.240 e. The van der Waals surface area contributed by atoms with Crippen molar-refractivity contribution in [3.63, 3.8) is 0 Å². The number of carbonyl (C=O) groups excluding carboxylic acids is 2. The topological polar surface area (TPSA) is 67.7 Å². The Bertz CT molecular complexity index is 925. The second kappa shape index (κ2) is 8.47. The van der Waals surface area contributed by atoms with Crippen LogP contribution in [-0.2, 0) is 9.59 Å². The molecule has 2 amide bonds. The third kappa shape index (κ3) is 3.59. The number of nitriles is 1. The molecular weight excluding hydrogens is 407 g/mol.